The zero-order valence-corrected chi connectivity index (χ0v) is 19.6. The molecule has 178 valence electrons. The Bertz CT molecular complexity index is 1260. The van der Waals surface area contributed by atoms with Crippen molar-refractivity contribution in [2.75, 3.05) is 16.3 Å². The Morgan fingerprint density at radius 2 is 1.54 bits per heavy atom. The highest BCUT2D eigenvalue weighted by Crippen LogP contribution is 2.53. The number of amides is 3. The third-order valence-corrected chi connectivity index (χ3v) is 7.74. The molecule has 2 bridgehead atoms. The molecule has 0 aromatic heterocycles. The summed E-state index contributed by atoms with van der Waals surface area (Å²) in [4.78, 5) is 54.7. The van der Waals surface area contributed by atoms with Crippen LogP contribution in [0, 0.1) is 43.4 Å². The van der Waals surface area contributed by atoms with Crippen molar-refractivity contribution in [1.82, 2.24) is 0 Å². The summed E-state index contributed by atoms with van der Waals surface area (Å²) in [6, 6.07) is 12.4. The van der Waals surface area contributed by atoms with Crippen LogP contribution in [-0.2, 0) is 19.2 Å². The zero-order valence-electron chi connectivity index (χ0n) is 19.6. The highest BCUT2D eigenvalue weighted by molar-refractivity contribution is 6.22. The Hall–Kier alpha value is -3.74. The van der Waals surface area contributed by atoms with E-state index in [0.29, 0.717) is 5.69 Å². The number of nitrogens with zero attached hydrogens (tertiary/aromatic N) is 2. The fourth-order valence-corrected chi connectivity index (χ4v) is 6.26. The summed E-state index contributed by atoms with van der Waals surface area (Å²) in [6.07, 6.45) is 5.07. The van der Waals surface area contributed by atoms with Crippen molar-refractivity contribution in [3.8, 4) is 5.75 Å². The molecule has 7 nitrogen and oxygen atoms in total. The van der Waals surface area contributed by atoms with Gasteiger partial charge in [-0.1, -0.05) is 24.3 Å². The van der Waals surface area contributed by atoms with E-state index in [4.69, 9.17) is 4.74 Å². The van der Waals surface area contributed by atoms with Crippen LogP contribution in [-0.4, -0.2) is 30.2 Å². The van der Waals surface area contributed by atoms with E-state index >= 15 is 0 Å². The third kappa shape index (κ3) is 3.49. The van der Waals surface area contributed by atoms with Crippen molar-refractivity contribution in [2.24, 2.45) is 29.6 Å². The first-order valence-corrected chi connectivity index (χ1v) is 12.1. The van der Waals surface area contributed by atoms with Gasteiger partial charge in [-0.15, -0.1) is 0 Å². The number of carbonyl (C=O) groups is 4. The number of hydrogen-bond acceptors (Lipinski definition) is 5. The predicted molar refractivity (Wildman–Crippen MR) is 129 cm³/mol. The standard InChI is InChI=1S/C28H26N2O5/c1-15-8-16(2)10-21(9-15)29-14-19(12-23(29)31)28(34)35-22-5-3-4-20(13-22)30-26(32)24-17-6-7-18(11-17)25(24)27(30)33/h3-10,13,17-19,24-25H,11-12,14H2,1-2H3. The number of rotatable bonds is 4. The summed E-state index contributed by atoms with van der Waals surface area (Å²) in [7, 11) is 0. The first-order chi connectivity index (χ1) is 16.8. The smallest absolute Gasteiger partial charge is 0.316 e. The maximum absolute atomic E-state index is 13.1. The molecular formula is C28H26N2O5. The lowest BCUT2D eigenvalue weighted by molar-refractivity contribution is -0.139. The summed E-state index contributed by atoms with van der Waals surface area (Å²) in [5.74, 6) is -1.62. The Morgan fingerprint density at radius 1 is 0.886 bits per heavy atom. The summed E-state index contributed by atoms with van der Waals surface area (Å²) >= 11 is 0. The maximum Gasteiger partial charge on any atom is 0.316 e. The molecule has 6 rings (SSSR count). The molecule has 5 unspecified atom stereocenters. The summed E-state index contributed by atoms with van der Waals surface area (Å²) in [5.41, 5.74) is 3.30. The van der Waals surface area contributed by atoms with Crippen LogP contribution >= 0.6 is 0 Å². The van der Waals surface area contributed by atoms with Crippen LogP contribution < -0.4 is 14.5 Å². The molecule has 2 aliphatic heterocycles. The second-order valence-corrected chi connectivity index (χ2v) is 10.2. The van der Waals surface area contributed by atoms with E-state index in [1.165, 1.54) is 4.90 Å². The molecule has 2 heterocycles. The van der Waals surface area contributed by atoms with Crippen molar-refractivity contribution in [2.45, 2.75) is 26.7 Å². The van der Waals surface area contributed by atoms with Crippen molar-refractivity contribution >= 4 is 35.1 Å². The number of benzene rings is 2. The van der Waals surface area contributed by atoms with Crippen LogP contribution in [0.4, 0.5) is 11.4 Å². The fourth-order valence-electron chi connectivity index (χ4n) is 6.26. The summed E-state index contributed by atoms with van der Waals surface area (Å²) in [5, 5.41) is 0. The van der Waals surface area contributed by atoms with Gasteiger partial charge in [0.25, 0.3) is 0 Å². The van der Waals surface area contributed by atoms with Crippen molar-refractivity contribution < 1.29 is 23.9 Å². The van der Waals surface area contributed by atoms with E-state index in [9.17, 15) is 19.2 Å². The molecular weight excluding hydrogens is 444 g/mol. The lowest BCUT2D eigenvalue weighted by Gasteiger charge is -2.19. The fraction of sp³-hybridized carbons (Fsp3) is 0.357. The minimum atomic E-state index is -0.594. The van der Waals surface area contributed by atoms with Crippen LogP contribution in [0.15, 0.2) is 54.6 Å². The molecule has 5 atom stereocenters. The second-order valence-electron chi connectivity index (χ2n) is 10.2. The first-order valence-electron chi connectivity index (χ1n) is 12.1. The SMILES string of the molecule is Cc1cc(C)cc(N2CC(C(=O)Oc3cccc(N4C(=O)C5C6C=CC(C6)C5C4=O)c3)CC2=O)c1. The molecule has 2 aromatic carbocycles. The lowest BCUT2D eigenvalue weighted by Crippen LogP contribution is -2.32. The predicted octanol–water partition coefficient (Wildman–Crippen LogP) is 3.57. The van der Waals surface area contributed by atoms with Crippen LogP contribution in [0.3, 0.4) is 0 Å². The average molecular weight is 471 g/mol. The molecule has 35 heavy (non-hydrogen) atoms. The number of fused-ring (bicyclic) bond motifs is 5. The van der Waals surface area contributed by atoms with Gasteiger partial charge in [-0.05, 0) is 67.5 Å². The van der Waals surface area contributed by atoms with E-state index < -0.39 is 11.9 Å². The molecule has 7 heteroatoms. The molecule has 2 aromatic rings. The van der Waals surface area contributed by atoms with Gasteiger partial charge in [-0.3, -0.25) is 19.2 Å². The Morgan fingerprint density at radius 3 is 2.20 bits per heavy atom. The summed E-state index contributed by atoms with van der Waals surface area (Å²) in [6.45, 7) is 4.20. The molecule has 0 spiro atoms. The molecule has 0 radical (unpaired) electrons. The number of carbonyl (C=O) groups excluding carboxylic acids is 4. The van der Waals surface area contributed by atoms with Gasteiger partial charge in [-0.25, -0.2) is 4.90 Å². The number of ether oxygens (including phenoxy) is 1. The molecule has 2 aliphatic carbocycles. The van der Waals surface area contributed by atoms with Gasteiger partial charge < -0.3 is 9.64 Å². The molecule has 1 saturated carbocycles. The van der Waals surface area contributed by atoms with Gasteiger partial charge in [0, 0.05) is 24.7 Å². The van der Waals surface area contributed by atoms with Crippen LogP contribution in [0.5, 0.6) is 5.75 Å². The lowest BCUT2D eigenvalue weighted by atomic mass is 9.85. The van der Waals surface area contributed by atoms with Crippen LogP contribution in [0.25, 0.3) is 0 Å². The quantitative estimate of drug-likeness (QED) is 0.295. The highest BCUT2D eigenvalue weighted by atomic mass is 16.5. The van der Waals surface area contributed by atoms with Gasteiger partial charge in [0.15, 0.2) is 0 Å². The van der Waals surface area contributed by atoms with E-state index in [1.54, 1.807) is 29.2 Å². The maximum atomic E-state index is 13.1. The van der Waals surface area contributed by atoms with E-state index in [0.717, 1.165) is 23.2 Å². The first kappa shape index (κ1) is 21.8. The number of aryl methyl sites for hydroxylation is 2. The summed E-state index contributed by atoms with van der Waals surface area (Å²) < 4.78 is 5.62. The van der Waals surface area contributed by atoms with Gasteiger partial charge in [0.1, 0.15) is 5.75 Å². The van der Waals surface area contributed by atoms with Gasteiger partial charge in [0.05, 0.1) is 23.4 Å². The van der Waals surface area contributed by atoms with Crippen molar-refractivity contribution in [3.05, 3.63) is 65.7 Å². The highest BCUT2D eigenvalue weighted by Gasteiger charge is 2.59. The topological polar surface area (TPSA) is 84.0 Å². The van der Waals surface area contributed by atoms with E-state index in [2.05, 4.69) is 12.2 Å². The molecule has 3 amide bonds. The van der Waals surface area contributed by atoms with E-state index in [1.807, 2.05) is 32.0 Å². The zero-order chi connectivity index (χ0) is 24.4. The Labute approximate surface area is 203 Å². The molecule has 3 fully saturated rings. The molecule has 4 aliphatic rings. The Kier molecular flexibility index (Phi) is 4.91. The van der Waals surface area contributed by atoms with Crippen LogP contribution in [0.1, 0.15) is 24.0 Å². The normalized spacial score (nSPS) is 28.9. The number of hydrogen-bond donors (Lipinski definition) is 0. The second kappa shape index (κ2) is 7.90. The van der Waals surface area contributed by atoms with Gasteiger partial charge in [-0.2, -0.15) is 0 Å². The van der Waals surface area contributed by atoms with Gasteiger partial charge in [0.2, 0.25) is 17.7 Å². The molecule has 0 N–H and O–H groups in total. The van der Waals surface area contributed by atoms with Crippen molar-refractivity contribution in [3.63, 3.8) is 0 Å². The Balaban J connectivity index is 1.17. The number of esters is 1. The van der Waals surface area contributed by atoms with E-state index in [-0.39, 0.29) is 60.1 Å². The van der Waals surface area contributed by atoms with Crippen LogP contribution in [0.2, 0.25) is 0 Å². The minimum Gasteiger partial charge on any atom is -0.426 e. The average Bonchev–Trinajstić information content (AvgIpc) is 3.57. The number of anilines is 2. The van der Waals surface area contributed by atoms with Gasteiger partial charge >= 0.3 is 5.97 Å². The minimum absolute atomic E-state index is 0.0771. The number of imide groups is 1. The van der Waals surface area contributed by atoms with Crippen molar-refractivity contribution in [1.29, 1.82) is 0 Å². The molecule has 2 saturated heterocycles. The monoisotopic (exact) mass is 470 g/mol. The number of allylic oxidation sites excluding steroid dienone is 2. The largest absolute Gasteiger partial charge is 0.426 e. The third-order valence-electron chi connectivity index (χ3n) is 7.74.